The Hall–Kier alpha value is -1.27. The van der Waals surface area contributed by atoms with E-state index < -0.39 is 17.8 Å². The van der Waals surface area contributed by atoms with Gasteiger partial charge in [0, 0.05) is 6.04 Å². The largest absolute Gasteiger partial charge is 0.494 e. The highest BCUT2D eigenvalue weighted by Crippen LogP contribution is 2.42. The third-order valence-electron chi connectivity index (χ3n) is 2.99. The van der Waals surface area contributed by atoms with E-state index in [4.69, 9.17) is 10.5 Å². The third-order valence-corrected chi connectivity index (χ3v) is 2.99. The predicted molar refractivity (Wildman–Crippen MR) is 65.8 cm³/mol. The number of nitrogens with two attached hydrogens (primary N) is 1. The molecule has 0 amide bonds. The average molecular weight is 277 g/mol. The molecule has 0 bridgehead atoms. The minimum atomic E-state index is -4.85. The molecule has 0 aliphatic heterocycles. The van der Waals surface area contributed by atoms with E-state index in [1.165, 1.54) is 31.2 Å². The maximum Gasteiger partial charge on any atom is 0.423 e. The fourth-order valence-electron chi connectivity index (χ4n) is 1.87. The lowest BCUT2D eigenvalue weighted by Crippen LogP contribution is -2.55. The van der Waals surface area contributed by atoms with Crippen LogP contribution < -0.4 is 10.5 Å². The molecule has 19 heavy (non-hydrogen) atoms. The maximum absolute atomic E-state index is 13.2. The van der Waals surface area contributed by atoms with E-state index in [1.807, 2.05) is 0 Å². The number of benzene rings is 1. The van der Waals surface area contributed by atoms with Crippen LogP contribution in [0, 0.1) is 0 Å². The Bertz CT molecular complexity index is 423. The van der Waals surface area contributed by atoms with Gasteiger partial charge in [-0.3, -0.25) is 0 Å². The van der Waals surface area contributed by atoms with E-state index in [-0.39, 0.29) is 17.7 Å². The second kappa shape index (κ2) is 5.79. The van der Waals surface area contributed by atoms with Crippen LogP contribution in [0.4, 0.5) is 13.2 Å². The topological polar surface area (TPSA) is 55.5 Å². The molecule has 2 unspecified atom stereocenters. The minimum absolute atomic E-state index is 0.00509. The fraction of sp³-hybridized carbons (Fsp3) is 0.538. The molecule has 0 fully saturated rings. The van der Waals surface area contributed by atoms with E-state index in [0.29, 0.717) is 6.61 Å². The third kappa shape index (κ3) is 3.01. The van der Waals surface area contributed by atoms with Gasteiger partial charge in [0.15, 0.2) is 0 Å². The first kappa shape index (κ1) is 15.8. The van der Waals surface area contributed by atoms with Crippen molar-refractivity contribution in [2.24, 2.45) is 5.73 Å². The van der Waals surface area contributed by atoms with Crippen LogP contribution in [-0.4, -0.2) is 23.9 Å². The van der Waals surface area contributed by atoms with E-state index in [1.54, 1.807) is 6.92 Å². The summed E-state index contributed by atoms with van der Waals surface area (Å²) in [4.78, 5) is 0. The van der Waals surface area contributed by atoms with Gasteiger partial charge in [-0.25, -0.2) is 0 Å². The molecule has 0 saturated heterocycles. The first-order valence-corrected chi connectivity index (χ1v) is 6.05. The summed E-state index contributed by atoms with van der Waals surface area (Å²) in [6, 6.07) is 3.86. The van der Waals surface area contributed by atoms with Crippen LogP contribution >= 0.6 is 0 Å². The summed E-state index contributed by atoms with van der Waals surface area (Å²) in [6.45, 7) is 3.54. The SMILES string of the molecule is CCOc1cccc(C(O)(C(N)CC)C(F)(F)F)c1. The molecule has 2 atom stereocenters. The van der Waals surface area contributed by atoms with Crippen molar-refractivity contribution < 1.29 is 23.0 Å². The smallest absolute Gasteiger partial charge is 0.423 e. The van der Waals surface area contributed by atoms with E-state index in [9.17, 15) is 18.3 Å². The molecule has 0 aliphatic rings. The monoisotopic (exact) mass is 277 g/mol. The van der Waals surface area contributed by atoms with Crippen LogP contribution in [0.2, 0.25) is 0 Å². The van der Waals surface area contributed by atoms with Crippen molar-refractivity contribution in [2.75, 3.05) is 6.61 Å². The van der Waals surface area contributed by atoms with Gasteiger partial charge in [0.1, 0.15) is 5.75 Å². The van der Waals surface area contributed by atoms with Crippen molar-refractivity contribution in [1.82, 2.24) is 0 Å². The van der Waals surface area contributed by atoms with Gasteiger partial charge in [-0.1, -0.05) is 19.1 Å². The number of hydrogen-bond donors (Lipinski definition) is 2. The van der Waals surface area contributed by atoms with Crippen LogP contribution in [0.25, 0.3) is 0 Å². The quantitative estimate of drug-likeness (QED) is 0.869. The van der Waals surface area contributed by atoms with Gasteiger partial charge in [-0.15, -0.1) is 0 Å². The van der Waals surface area contributed by atoms with E-state index in [0.717, 1.165) is 0 Å². The Morgan fingerprint density at radius 3 is 2.42 bits per heavy atom. The molecule has 1 aromatic carbocycles. The van der Waals surface area contributed by atoms with Crippen LogP contribution in [0.1, 0.15) is 25.8 Å². The van der Waals surface area contributed by atoms with Crippen molar-refractivity contribution in [3.63, 3.8) is 0 Å². The van der Waals surface area contributed by atoms with Gasteiger partial charge in [0.2, 0.25) is 5.60 Å². The summed E-state index contributed by atoms with van der Waals surface area (Å²) in [7, 11) is 0. The molecular formula is C13H18F3NO2. The highest BCUT2D eigenvalue weighted by Gasteiger charge is 2.58. The van der Waals surface area contributed by atoms with Gasteiger partial charge in [0.05, 0.1) is 6.61 Å². The number of rotatable bonds is 5. The summed E-state index contributed by atoms with van der Waals surface area (Å²) in [5, 5.41) is 10.1. The molecule has 1 rings (SSSR count). The Kier molecular flexibility index (Phi) is 4.81. The first-order valence-electron chi connectivity index (χ1n) is 6.05. The predicted octanol–water partition coefficient (Wildman–Crippen LogP) is 2.57. The van der Waals surface area contributed by atoms with Crippen LogP contribution in [0.5, 0.6) is 5.75 Å². The second-order valence-electron chi connectivity index (χ2n) is 4.24. The molecule has 0 radical (unpaired) electrons. The number of aliphatic hydroxyl groups is 1. The minimum Gasteiger partial charge on any atom is -0.494 e. The Morgan fingerprint density at radius 2 is 1.95 bits per heavy atom. The highest BCUT2D eigenvalue weighted by molar-refractivity contribution is 5.34. The molecule has 3 nitrogen and oxygen atoms in total. The van der Waals surface area contributed by atoms with Gasteiger partial charge in [-0.05, 0) is 31.0 Å². The van der Waals surface area contributed by atoms with Crippen LogP contribution in [0.15, 0.2) is 24.3 Å². The number of ether oxygens (including phenoxy) is 1. The van der Waals surface area contributed by atoms with Gasteiger partial charge >= 0.3 is 6.18 Å². The molecule has 0 spiro atoms. The van der Waals surface area contributed by atoms with Crippen molar-refractivity contribution >= 4 is 0 Å². The van der Waals surface area contributed by atoms with Crippen LogP contribution in [0.3, 0.4) is 0 Å². The van der Waals surface area contributed by atoms with Crippen molar-refractivity contribution in [3.8, 4) is 5.75 Å². The zero-order chi connectivity index (χ0) is 14.7. The number of halogens is 3. The van der Waals surface area contributed by atoms with Crippen molar-refractivity contribution in [2.45, 2.75) is 38.1 Å². The molecule has 0 aliphatic carbocycles. The Balaban J connectivity index is 3.29. The average Bonchev–Trinajstić information content (AvgIpc) is 2.36. The Labute approximate surface area is 110 Å². The molecule has 6 heteroatoms. The number of alkyl halides is 3. The second-order valence-corrected chi connectivity index (χ2v) is 4.24. The zero-order valence-corrected chi connectivity index (χ0v) is 10.9. The number of hydrogen-bond acceptors (Lipinski definition) is 3. The molecule has 3 N–H and O–H groups in total. The summed E-state index contributed by atoms with van der Waals surface area (Å²) in [5.41, 5.74) is 2.10. The van der Waals surface area contributed by atoms with Crippen molar-refractivity contribution in [3.05, 3.63) is 29.8 Å². The standard InChI is InChI=1S/C13H18F3NO2/c1-3-11(17)12(18,13(14,15)16)9-6-5-7-10(8-9)19-4-2/h5-8,11,18H,3-4,17H2,1-2H3. The summed E-state index contributed by atoms with van der Waals surface area (Å²) >= 11 is 0. The molecule has 1 aromatic rings. The fourth-order valence-corrected chi connectivity index (χ4v) is 1.87. The molecule has 0 heterocycles. The lowest BCUT2D eigenvalue weighted by molar-refractivity contribution is -0.274. The summed E-state index contributed by atoms with van der Waals surface area (Å²) in [6.07, 6.45) is -4.86. The maximum atomic E-state index is 13.2. The lowest BCUT2D eigenvalue weighted by atomic mass is 9.84. The summed E-state index contributed by atoms with van der Waals surface area (Å²) in [5.74, 6) is 0.269. The van der Waals surface area contributed by atoms with Crippen LogP contribution in [-0.2, 0) is 5.60 Å². The van der Waals surface area contributed by atoms with Gasteiger partial charge in [0.25, 0.3) is 0 Å². The van der Waals surface area contributed by atoms with Crippen molar-refractivity contribution in [1.29, 1.82) is 0 Å². The van der Waals surface area contributed by atoms with E-state index in [2.05, 4.69) is 0 Å². The first-order chi connectivity index (χ1) is 8.77. The highest BCUT2D eigenvalue weighted by atomic mass is 19.4. The normalized spacial score (nSPS) is 16.8. The Morgan fingerprint density at radius 1 is 1.32 bits per heavy atom. The zero-order valence-electron chi connectivity index (χ0n) is 10.9. The van der Waals surface area contributed by atoms with E-state index >= 15 is 0 Å². The lowest BCUT2D eigenvalue weighted by Gasteiger charge is -2.35. The van der Waals surface area contributed by atoms with Gasteiger partial charge < -0.3 is 15.6 Å². The van der Waals surface area contributed by atoms with Gasteiger partial charge in [-0.2, -0.15) is 13.2 Å². The molecular weight excluding hydrogens is 259 g/mol. The summed E-state index contributed by atoms with van der Waals surface area (Å²) < 4.78 is 44.7. The molecule has 0 saturated carbocycles. The molecule has 108 valence electrons. The molecule has 0 aromatic heterocycles.